The van der Waals surface area contributed by atoms with Gasteiger partial charge in [0, 0.05) is 18.5 Å². The van der Waals surface area contributed by atoms with Gasteiger partial charge in [0.1, 0.15) is 17.4 Å². The zero-order chi connectivity index (χ0) is 15.8. The van der Waals surface area contributed by atoms with Crippen LogP contribution < -0.4 is 10.3 Å². The second kappa shape index (κ2) is 5.53. The number of rotatable bonds is 2. The van der Waals surface area contributed by atoms with Gasteiger partial charge in [0.25, 0.3) is 5.56 Å². The Morgan fingerprint density at radius 3 is 2.74 bits per heavy atom. The summed E-state index contributed by atoms with van der Waals surface area (Å²) in [6.45, 7) is 0.744. The van der Waals surface area contributed by atoms with Gasteiger partial charge >= 0.3 is 0 Å². The highest BCUT2D eigenvalue weighted by Crippen LogP contribution is 2.22. The average molecular weight is 310 g/mol. The second-order valence-electron chi connectivity index (χ2n) is 5.81. The first kappa shape index (κ1) is 14.0. The van der Waals surface area contributed by atoms with Crippen molar-refractivity contribution < 1.29 is 4.74 Å². The van der Waals surface area contributed by atoms with E-state index in [1.54, 1.807) is 11.7 Å². The molecule has 0 aliphatic carbocycles. The van der Waals surface area contributed by atoms with Crippen LogP contribution in [0.5, 0.6) is 5.75 Å². The molecule has 0 saturated heterocycles. The third-order valence-electron chi connectivity index (χ3n) is 4.34. The third-order valence-corrected chi connectivity index (χ3v) is 4.34. The predicted molar refractivity (Wildman–Crippen MR) is 87.7 cm³/mol. The molecule has 0 unspecified atom stereocenters. The molecule has 1 aliphatic rings. The molecule has 3 aromatic rings. The SMILES string of the molecule is COc1ccc(-c2nc3nc4n(c(=O)c3[nH]2)CCCCC4)cc1. The van der Waals surface area contributed by atoms with Crippen LogP contribution in [0.4, 0.5) is 0 Å². The van der Waals surface area contributed by atoms with E-state index in [1.165, 1.54) is 0 Å². The molecule has 1 aromatic carbocycles. The van der Waals surface area contributed by atoms with Crippen molar-refractivity contribution in [1.82, 2.24) is 19.5 Å². The van der Waals surface area contributed by atoms with Crippen LogP contribution >= 0.6 is 0 Å². The maximum absolute atomic E-state index is 12.7. The van der Waals surface area contributed by atoms with E-state index in [4.69, 9.17) is 4.74 Å². The van der Waals surface area contributed by atoms with Crippen LogP contribution in [0.25, 0.3) is 22.6 Å². The van der Waals surface area contributed by atoms with Crippen molar-refractivity contribution in [1.29, 1.82) is 0 Å². The van der Waals surface area contributed by atoms with Crippen LogP contribution in [-0.4, -0.2) is 26.6 Å². The number of ether oxygens (including phenoxy) is 1. The monoisotopic (exact) mass is 310 g/mol. The molecular formula is C17H18N4O2. The van der Waals surface area contributed by atoms with E-state index in [1.807, 2.05) is 24.3 Å². The molecule has 0 atom stereocenters. The molecule has 0 amide bonds. The summed E-state index contributed by atoms with van der Waals surface area (Å²) < 4.78 is 6.96. The van der Waals surface area contributed by atoms with Crippen molar-refractivity contribution in [2.45, 2.75) is 32.2 Å². The normalized spacial score (nSPS) is 14.5. The van der Waals surface area contributed by atoms with Crippen molar-refractivity contribution in [3.05, 3.63) is 40.4 Å². The third kappa shape index (κ3) is 2.40. The molecule has 4 rings (SSSR count). The van der Waals surface area contributed by atoms with Crippen LogP contribution in [-0.2, 0) is 13.0 Å². The van der Waals surface area contributed by atoms with Gasteiger partial charge in [-0.3, -0.25) is 9.36 Å². The largest absolute Gasteiger partial charge is 0.497 e. The van der Waals surface area contributed by atoms with Gasteiger partial charge in [-0.15, -0.1) is 0 Å². The van der Waals surface area contributed by atoms with E-state index < -0.39 is 0 Å². The van der Waals surface area contributed by atoms with Crippen LogP contribution in [0.1, 0.15) is 25.1 Å². The first-order valence-electron chi connectivity index (χ1n) is 7.90. The zero-order valence-electron chi connectivity index (χ0n) is 13.0. The van der Waals surface area contributed by atoms with Crippen LogP contribution in [0, 0.1) is 0 Å². The summed E-state index contributed by atoms with van der Waals surface area (Å²) in [7, 11) is 1.63. The fraction of sp³-hybridized carbons (Fsp3) is 0.353. The average Bonchev–Trinajstić information content (AvgIpc) is 2.86. The Balaban J connectivity index is 1.84. The van der Waals surface area contributed by atoms with Gasteiger partial charge in [-0.05, 0) is 37.1 Å². The molecule has 6 nitrogen and oxygen atoms in total. The minimum atomic E-state index is -0.0147. The Labute approximate surface area is 133 Å². The maximum Gasteiger partial charge on any atom is 0.279 e. The lowest BCUT2D eigenvalue weighted by atomic mass is 10.2. The summed E-state index contributed by atoms with van der Waals surface area (Å²) in [5, 5.41) is 0. The number of hydrogen-bond acceptors (Lipinski definition) is 4. The summed E-state index contributed by atoms with van der Waals surface area (Å²) in [4.78, 5) is 25.0. The molecule has 1 N–H and O–H groups in total. The van der Waals surface area contributed by atoms with Crippen molar-refractivity contribution in [3.8, 4) is 17.1 Å². The quantitative estimate of drug-likeness (QED) is 0.789. The zero-order valence-corrected chi connectivity index (χ0v) is 13.0. The van der Waals surface area contributed by atoms with E-state index in [9.17, 15) is 4.79 Å². The summed E-state index contributed by atoms with van der Waals surface area (Å²) in [6.07, 6.45) is 4.09. The second-order valence-corrected chi connectivity index (χ2v) is 5.81. The van der Waals surface area contributed by atoms with E-state index in [-0.39, 0.29) is 5.56 Å². The lowest BCUT2D eigenvalue weighted by Crippen LogP contribution is -2.24. The minimum absolute atomic E-state index is 0.0147. The smallest absolute Gasteiger partial charge is 0.279 e. The number of methoxy groups -OCH3 is 1. The molecule has 6 heteroatoms. The molecule has 3 heterocycles. The van der Waals surface area contributed by atoms with Crippen LogP contribution in [0.3, 0.4) is 0 Å². The Kier molecular flexibility index (Phi) is 3.37. The Bertz CT molecular complexity index is 909. The van der Waals surface area contributed by atoms with Gasteiger partial charge < -0.3 is 9.72 Å². The van der Waals surface area contributed by atoms with Crippen LogP contribution in [0.2, 0.25) is 0 Å². The molecule has 0 saturated carbocycles. The summed E-state index contributed by atoms with van der Waals surface area (Å²) in [6, 6.07) is 7.58. The number of aryl methyl sites for hydroxylation is 1. The number of benzene rings is 1. The molecule has 0 bridgehead atoms. The molecule has 0 spiro atoms. The standard InChI is InChI=1S/C17H18N4O2/c1-23-12-8-6-11(7-9-12)15-19-14-16(20-15)18-13-5-3-2-4-10-21(13)17(14)22/h6-9H,2-5,10H2,1H3,(H,19,20). The highest BCUT2D eigenvalue weighted by atomic mass is 16.5. The number of H-pyrrole nitrogens is 1. The number of hydrogen-bond donors (Lipinski definition) is 1. The van der Waals surface area contributed by atoms with Crippen LogP contribution in [0.15, 0.2) is 29.1 Å². The maximum atomic E-state index is 12.7. The number of aromatic nitrogens is 4. The minimum Gasteiger partial charge on any atom is -0.497 e. The molecule has 23 heavy (non-hydrogen) atoms. The number of nitrogens with zero attached hydrogens (tertiary/aromatic N) is 3. The van der Waals surface area contributed by atoms with Gasteiger partial charge in [-0.25, -0.2) is 9.97 Å². The summed E-state index contributed by atoms with van der Waals surface area (Å²) in [5.74, 6) is 2.30. The van der Waals surface area contributed by atoms with E-state index in [2.05, 4.69) is 15.0 Å². The lowest BCUT2D eigenvalue weighted by Gasteiger charge is -2.06. The number of imidazole rings is 1. The molecule has 118 valence electrons. The fourth-order valence-corrected chi connectivity index (χ4v) is 3.07. The number of fused-ring (bicyclic) bond motifs is 2. The van der Waals surface area contributed by atoms with Gasteiger partial charge in [-0.1, -0.05) is 6.42 Å². The molecule has 0 radical (unpaired) electrons. The predicted octanol–water partition coefficient (Wildman–Crippen LogP) is 2.52. The van der Waals surface area contributed by atoms with Crippen molar-refractivity contribution in [2.24, 2.45) is 0 Å². The molecular weight excluding hydrogens is 292 g/mol. The van der Waals surface area contributed by atoms with E-state index in [0.29, 0.717) is 17.0 Å². The fourth-order valence-electron chi connectivity index (χ4n) is 3.07. The van der Waals surface area contributed by atoms with Crippen molar-refractivity contribution in [2.75, 3.05) is 7.11 Å². The first-order chi connectivity index (χ1) is 11.3. The van der Waals surface area contributed by atoms with E-state index in [0.717, 1.165) is 49.4 Å². The lowest BCUT2D eigenvalue weighted by molar-refractivity contribution is 0.415. The van der Waals surface area contributed by atoms with E-state index >= 15 is 0 Å². The van der Waals surface area contributed by atoms with Gasteiger partial charge in [0.05, 0.1) is 7.11 Å². The highest BCUT2D eigenvalue weighted by Gasteiger charge is 2.17. The number of nitrogens with one attached hydrogen (secondary N) is 1. The summed E-state index contributed by atoms with van der Waals surface area (Å²) in [5.41, 5.74) is 1.89. The Morgan fingerprint density at radius 2 is 1.96 bits per heavy atom. The van der Waals surface area contributed by atoms with Gasteiger partial charge in [0.2, 0.25) is 0 Å². The summed E-state index contributed by atoms with van der Waals surface area (Å²) >= 11 is 0. The molecule has 2 aromatic heterocycles. The molecule has 1 aliphatic heterocycles. The topological polar surface area (TPSA) is 72.8 Å². The van der Waals surface area contributed by atoms with Gasteiger partial charge in [-0.2, -0.15) is 0 Å². The van der Waals surface area contributed by atoms with Crippen molar-refractivity contribution in [3.63, 3.8) is 0 Å². The van der Waals surface area contributed by atoms with Gasteiger partial charge in [0.15, 0.2) is 11.2 Å². The molecule has 0 fully saturated rings. The Morgan fingerprint density at radius 1 is 1.13 bits per heavy atom. The first-order valence-corrected chi connectivity index (χ1v) is 7.90. The number of aromatic amines is 1. The van der Waals surface area contributed by atoms with Crippen molar-refractivity contribution >= 4 is 11.2 Å². The highest BCUT2D eigenvalue weighted by molar-refractivity contribution is 5.75. The Hall–Kier alpha value is -2.63.